The molecular formula is C15H13F3N2O2. The highest BCUT2D eigenvalue weighted by atomic mass is 19.4. The van der Waals surface area contributed by atoms with E-state index in [-0.39, 0.29) is 17.6 Å². The third kappa shape index (κ3) is 2.74. The molecule has 0 radical (unpaired) electrons. The first-order chi connectivity index (χ1) is 10.2. The van der Waals surface area contributed by atoms with Crippen LogP contribution in [0.25, 0.3) is 0 Å². The number of primary amides is 2. The summed E-state index contributed by atoms with van der Waals surface area (Å²) in [5.74, 6) is -1.60. The SMILES string of the molecule is NC(=O)C1=CC=CC(C(N)=O)(c2cccc(C(F)(F)F)c2)C1. The first kappa shape index (κ1) is 15.8. The molecule has 0 heterocycles. The number of amides is 2. The quantitative estimate of drug-likeness (QED) is 0.892. The molecule has 1 aliphatic carbocycles. The van der Waals surface area contributed by atoms with Gasteiger partial charge in [0.15, 0.2) is 0 Å². The van der Waals surface area contributed by atoms with Crippen LogP contribution < -0.4 is 11.5 Å². The Bertz CT molecular complexity index is 692. The smallest absolute Gasteiger partial charge is 0.369 e. The minimum Gasteiger partial charge on any atom is -0.369 e. The van der Waals surface area contributed by atoms with E-state index in [1.54, 1.807) is 0 Å². The Labute approximate surface area is 124 Å². The molecule has 0 saturated heterocycles. The van der Waals surface area contributed by atoms with Gasteiger partial charge in [-0.05, 0) is 18.1 Å². The van der Waals surface area contributed by atoms with Gasteiger partial charge in [-0.15, -0.1) is 0 Å². The second-order valence-electron chi connectivity index (χ2n) is 5.01. The van der Waals surface area contributed by atoms with E-state index < -0.39 is 29.0 Å². The van der Waals surface area contributed by atoms with E-state index in [1.165, 1.54) is 30.4 Å². The Morgan fingerprint density at radius 1 is 1.18 bits per heavy atom. The zero-order valence-electron chi connectivity index (χ0n) is 11.4. The van der Waals surface area contributed by atoms with Gasteiger partial charge in [-0.25, -0.2) is 0 Å². The maximum Gasteiger partial charge on any atom is 0.416 e. The van der Waals surface area contributed by atoms with Crippen LogP contribution in [0.5, 0.6) is 0 Å². The lowest BCUT2D eigenvalue weighted by Gasteiger charge is -2.31. The van der Waals surface area contributed by atoms with Gasteiger partial charge in [-0.2, -0.15) is 13.2 Å². The fourth-order valence-electron chi connectivity index (χ4n) is 2.40. The van der Waals surface area contributed by atoms with E-state index in [9.17, 15) is 22.8 Å². The van der Waals surface area contributed by atoms with Crippen molar-refractivity contribution in [3.05, 3.63) is 59.2 Å². The molecule has 7 heteroatoms. The van der Waals surface area contributed by atoms with Crippen LogP contribution in [0.3, 0.4) is 0 Å². The summed E-state index contributed by atoms with van der Waals surface area (Å²) < 4.78 is 38.5. The van der Waals surface area contributed by atoms with Crippen molar-refractivity contribution >= 4 is 11.8 Å². The molecule has 22 heavy (non-hydrogen) atoms. The van der Waals surface area contributed by atoms with Crippen molar-refractivity contribution in [1.29, 1.82) is 0 Å². The Balaban J connectivity index is 2.56. The maximum absolute atomic E-state index is 12.8. The van der Waals surface area contributed by atoms with Crippen LogP contribution in [0.1, 0.15) is 17.5 Å². The van der Waals surface area contributed by atoms with Crippen LogP contribution in [0, 0.1) is 0 Å². The molecule has 4 N–H and O–H groups in total. The lowest BCUT2D eigenvalue weighted by molar-refractivity contribution is -0.137. The summed E-state index contributed by atoms with van der Waals surface area (Å²) in [4.78, 5) is 23.2. The molecule has 0 aromatic heterocycles. The average Bonchev–Trinajstić information content (AvgIpc) is 2.46. The summed E-state index contributed by atoms with van der Waals surface area (Å²) >= 11 is 0. The van der Waals surface area contributed by atoms with Crippen LogP contribution >= 0.6 is 0 Å². The van der Waals surface area contributed by atoms with Crippen molar-refractivity contribution in [2.45, 2.75) is 18.0 Å². The highest BCUT2D eigenvalue weighted by Gasteiger charge is 2.40. The molecule has 2 amide bonds. The van der Waals surface area contributed by atoms with Gasteiger partial charge in [0.1, 0.15) is 0 Å². The number of rotatable bonds is 3. The van der Waals surface area contributed by atoms with Crippen LogP contribution in [-0.2, 0) is 21.2 Å². The molecule has 1 aromatic carbocycles. The largest absolute Gasteiger partial charge is 0.416 e. The lowest BCUT2D eigenvalue weighted by Crippen LogP contribution is -2.42. The Morgan fingerprint density at radius 3 is 2.41 bits per heavy atom. The molecule has 1 aliphatic rings. The Hall–Kier alpha value is -2.57. The monoisotopic (exact) mass is 310 g/mol. The molecule has 4 nitrogen and oxygen atoms in total. The zero-order valence-corrected chi connectivity index (χ0v) is 11.4. The van der Waals surface area contributed by atoms with Gasteiger partial charge in [0.2, 0.25) is 11.8 Å². The number of hydrogen-bond donors (Lipinski definition) is 2. The van der Waals surface area contributed by atoms with Crippen molar-refractivity contribution < 1.29 is 22.8 Å². The second kappa shape index (κ2) is 5.32. The molecular weight excluding hydrogens is 297 g/mol. The number of nitrogens with two attached hydrogens (primary N) is 2. The molecule has 1 unspecified atom stereocenters. The van der Waals surface area contributed by atoms with Gasteiger partial charge in [0.05, 0.1) is 11.0 Å². The summed E-state index contributed by atoms with van der Waals surface area (Å²) in [6.45, 7) is 0. The highest BCUT2D eigenvalue weighted by Crippen LogP contribution is 2.38. The van der Waals surface area contributed by atoms with E-state index in [0.29, 0.717) is 0 Å². The van der Waals surface area contributed by atoms with Gasteiger partial charge >= 0.3 is 6.18 Å². The van der Waals surface area contributed by atoms with Crippen molar-refractivity contribution in [2.24, 2.45) is 11.5 Å². The average molecular weight is 310 g/mol. The van der Waals surface area contributed by atoms with Crippen molar-refractivity contribution in [3.8, 4) is 0 Å². The van der Waals surface area contributed by atoms with E-state index in [0.717, 1.165) is 12.1 Å². The molecule has 0 fully saturated rings. The van der Waals surface area contributed by atoms with Crippen LogP contribution in [0.2, 0.25) is 0 Å². The minimum atomic E-state index is -4.55. The van der Waals surface area contributed by atoms with Gasteiger partial charge in [-0.1, -0.05) is 36.4 Å². The van der Waals surface area contributed by atoms with Crippen molar-refractivity contribution in [2.75, 3.05) is 0 Å². The van der Waals surface area contributed by atoms with Crippen molar-refractivity contribution in [1.82, 2.24) is 0 Å². The fourth-order valence-corrected chi connectivity index (χ4v) is 2.40. The number of hydrogen-bond acceptors (Lipinski definition) is 2. The van der Waals surface area contributed by atoms with E-state index in [2.05, 4.69) is 0 Å². The first-order valence-corrected chi connectivity index (χ1v) is 6.33. The predicted molar refractivity (Wildman–Crippen MR) is 73.4 cm³/mol. The first-order valence-electron chi connectivity index (χ1n) is 6.33. The predicted octanol–water partition coefficient (Wildman–Crippen LogP) is 1.80. The summed E-state index contributed by atoms with van der Waals surface area (Å²) in [5, 5.41) is 0. The summed E-state index contributed by atoms with van der Waals surface area (Å²) in [6.07, 6.45) is -0.520. The minimum absolute atomic E-state index is 0.0675. The van der Waals surface area contributed by atoms with Gasteiger partial charge in [0, 0.05) is 5.57 Å². The maximum atomic E-state index is 12.8. The standard InChI is InChI=1S/C15H13F3N2O2/c16-15(17,18)11-5-1-4-10(7-11)14(13(20)22)6-2-3-9(8-14)12(19)21/h1-7H,8H2,(H2,19,21)(H2,20,22). The van der Waals surface area contributed by atoms with Gasteiger partial charge < -0.3 is 11.5 Å². The van der Waals surface area contributed by atoms with Crippen LogP contribution in [-0.4, -0.2) is 11.8 Å². The summed E-state index contributed by atoms with van der Waals surface area (Å²) in [7, 11) is 0. The number of allylic oxidation sites excluding steroid dienone is 2. The van der Waals surface area contributed by atoms with E-state index in [4.69, 9.17) is 11.5 Å². The summed E-state index contributed by atoms with van der Waals surface area (Å²) in [6, 6.07) is 4.32. The molecule has 1 aromatic rings. The third-order valence-corrected chi connectivity index (χ3v) is 3.61. The fraction of sp³-hybridized carbons (Fsp3) is 0.200. The lowest BCUT2D eigenvalue weighted by atomic mass is 9.72. The molecule has 1 atom stereocenters. The third-order valence-electron chi connectivity index (χ3n) is 3.61. The Morgan fingerprint density at radius 2 is 1.86 bits per heavy atom. The Kier molecular flexibility index (Phi) is 3.83. The van der Waals surface area contributed by atoms with Gasteiger partial charge in [-0.3, -0.25) is 9.59 Å². The number of carbonyl (C=O) groups is 2. The molecule has 116 valence electrons. The topological polar surface area (TPSA) is 86.2 Å². The van der Waals surface area contributed by atoms with Crippen LogP contribution in [0.15, 0.2) is 48.1 Å². The summed E-state index contributed by atoms with van der Waals surface area (Å²) in [5.41, 5.74) is 8.37. The van der Waals surface area contributed by atoms with E-state index >= 15 is 0 Å². The zero-order chi connectivity index (χ0) is 16.5. The molecule has 0 saturated carbocycles. The number of alkyl halides is 3. The second-order valence-corrected chi connectivity index (χ2v) is 5.01. The molecule has 0 aliphatic heterocycles. The normalized spacial score (nSPS) is 21.3. The molecule has 0 spiro atoms. The van der Waals surface area contributed by atoms with Crippen molar-refractivity contribution in [3.63, 3.8) is 0 Å². The van der Waals surface area contributed by atoms with Crippen LogP contribution in [0.4, 0.5) is 13.2 Å². The molecule has 2 rings (SSSR count). The molecule has 0 bridgehead atoms. The number of halogens is 3. The van der Waals surface area contributed by atoms with E-state index in [1.807, 2.05) is 0 Å². The number of benzene rings is 1. The highest BCUT2D eigenvalue weighted by molar-refractivity contribution is 5.97. The number of carbonyl (C=O) groups excluding carboxylic acids is 2. The van der Waals surface area contributed by atoms with Gasteiger partial charge in [0.25, 0.3) is 0 Å².